The first-order valence-electron chi connectivity index (χ1n) is 8.06. The SMILES string of the molecule is Cc1cccc(-c2nnc(S[C@H](C)C(=O)Nc3cc(Cl)ccc3C)o2)c1. The zero-order valence-electron chi connectivity index (χ0n) is 14.6. The summed E-state index contributed by atoms with van der Waals surface area (Å²) < 4.78 is 5.68. The number of hydrogen-bond donors (Lipinski definition) is 1. The molecule has 3 rings (SSSR count). The van der Waals surface area contributed by atoms with Crippen LogP contribution >= 0.6 is 23.4 Å². The molecule has 0 aliphatic heterocycles. The van der Waals surface area contributed by atoms with Gasteiger partial charge in [0.2, 0.25) is 11.8 Å². The van der Waals surface area contributed by atoms with E-state index in [4.69, 9.17) is 16.0 Å². The standard InChI is InChI=1S/C19H18ClN3O2S/c1-11-5-4-6-14(9-11)18-22-23-19(25-18)26-13(3)17(24)21-16-10-15(20)8-7-12(16)2/h4-10,13H,1-3H3,(H,21,24)/t13-/m1/s1. The number of carbonyl (C=O) groups excluding carboxylic acids is 1. The summed E-state index contributed by atoms with van der Waals surface area (Å²) in [5, 5.41) is 11.5. The smallest absolute Gasteiger partial charge is 0.277 e. The first-order valence-corrected chi connectivity index (χ1v) is 9.32. The Labute approximate surface area is 161 Å². The Hall–Kier alpha value is -2.31. The monoisotopic (exact) mass is 387 g/mol. The topological polar surface area (TPSA) is 68.0 Å². The summed E-state index contributed by atoms with van der Waals surface area (Å²) in [6, 6.07) is 13.2. The van der Waals surface area contributed by atoms with Crippen LogP contribution in [0.2, 0.25) is 5.02 Å². The number of nitrogens with one attached hydrogen (secondary N) is 1. The van der Waals surface area contributed by atoms with E-state index in [2.05, 4.69) is 15.5 Å². The van der Waals surface area contributed by atoms with Gasteiger partial charge < -0.3 is 9.73 Å². The van der Waals surface area contributed by atoms with Crippen LogP contribution in [0.1, 0.15) is 18.1 Å². The fraction of sp³-hybridized carbons (Fsp3) is 0.211. The second-order valence-corrected chi connectivity index (χ2v) is 7.68. The van der Waals surface area contributed by atoms with Crippen LogP contribution in [0.25, 0.3) is 11.5 Å². The summed E-state index contributed by atoms with van der Waals surface area (Å²) in [6.07, 6.45) is 0. The number of amides is 1. The van der Waals surface area contributed by atoms with Gasteiger partial charge in [0.05, 0.1) is 5.25 Å². The quantitative estimate of drug-likeness (QED) is 0.615. The Morgan fingerprint density at radius 2 is 2.00 bits per heavy atom. The Bertz CT molecular complexity index is 942. The van der Waals surface area contributed by atoms with Gasteiger partial charge in [-0.1, -0.05) is 47.1 Å². The number of anilines is 1. The average molecular weight is 388 g/mol. The molecule has 2 aromatic carbocycles. The van der Waals surface area contributed by atoms with E-state index in [1.54, 1.807) is 19.1 Å². The van der Waals surface area contributed by atoms with Gasteiger partial charge in [-0.25, -0.2) is 0 Å². The Balaban J connectivity index is 1.67. The maximum atomic E-state index is 12.4. The predicted octanol–water partition coefficient (Wildman–Crippen LogP) is 5.13. The van der Waals surface area contributed by atoms with E-state index in [-0.39, 0.29) is 5.91 Å². The van der Waals surface area contributed by atoms with E-state index in [1.165, 1.54) is 11.8 Å². The molecule has 1 heterocycles. The summed E-state index contributed by atoms with van der Waals surface area (Å²) >= 11 is 7.21. The van der Waals surface area contributed by atoms with E-state index < -0.39 is 5.25 Å². The molecule has 3 aromatic rings. The highest BCUT2D eigenvalue weighted by molar-refractivity contribution is 8.00. The van der Waals surface area contributed by atoms with E-state index in [9.17, 15) is 4.79 Å². The molecule has 7 heteroatoms. The molecule has 134 valence electrons. The van der Waals surface area contributed by atoms with E-state index in [0.717, 1.165) is 16.7 Å². The van der Waals surface area contributed by atoms with Gasteiger partial charge in [0.25, 0.3) is 5.22 Å². The van der Waals surface area contributed by atoms with Gasteiger partial charge in [0.1, 0.15) is 0 Å². The second-order valence-electron chi connectivity index (χ2n) is 5.95. The third kappa shape index (κ3) is 4.45. The number of thioether (sulfide) groups is 1. The maximum Gasteiger partial charge on any atom is 0.277 e. The Morgan fingerprint density at radius 3 is 2.77 bits per heavy atom. The van der Waals surface area contributed by atoms with Crippen LogP contribution in [0, 0.1) is 13.8 Å². The molecule has 1 atom stereocenters. The van der Waals surface area contributed by atoms with Crippen LogP contribution in [0.5, 0.6) is 0 Å². The molecule has 0 spiro atoms. The van der Waals surface area contributed by atoms with Gasteiger partial charge in [-0.3, -0.25) is 4.79 Å². The highest BCUT2D eigenvalue weighted by Crippen LogP contribution is 2.28. The molecule has 1 N–H and O–H groups in total. The van der Waals surface area contributed by atoms with Crippen molar-refractivity contribution in [1.29, 1.82) is 0 Å². The van der Waals surface area contributed by atoms with Crippen molar-refractivity contribution in [3.8, 4) is 11.5 Å². The van der Waals surface area contributed by atoms with Crippen molar-refractivity contribution >= 4 is 35.0 Å². The molecule has 1 amide bonds. The normalized spacial score (nSPS) is 12.0. The number of halogens is 1. The van der Waals surface area contributed by atoms with Gasteiger partial charge in [-0.2, -0.15) is 0 Å². The molecule has 0 unspecified atom stereocenters. The third-order valence-corrected chi connectivity index (χ3v) is 4.95. The van der Waals surface area contributed by atoms with E-state index in [0.29, 0.717) is 21.8 Å². The molecule has 0 aliphatic carbocycles. The van der Waals surface area contributed by atoms with Crippen molar-refractivity contribution in [1.82, 2.24) is 10.2 Å². The molecular weight excluding hydrogens is 370 g/mol. The van der Waals surface area contributed by atoms with Crippen molar-refractivity contribution in [3.05, 3.63) is 58.6 Å². The summed E-state index contributed by atoms with van der Waals surface area (Å²) in [4.78, 5) is 12.4. The number of aryl methyl sites for hydroxylation is 2. The molecule has 0 aliphatic rings. The van der Waals surface area contributed by atoms with Crippen LogP contribution in [-0.4, -0.2) is 21.4 Å². The first kappa shape index (κ1) is 18.5. The molecule has 26 heavy (non-hydrogen) atoms. The number of benzene rings is 2. The summed E-state index contributed by atoms with van der Waals surface area (Å²) in [5.41, 5.74) is 3.61. The Morgan fingerprint density at radius 1 is 1.19 bits per heavy atom. The summed E-state index contributed by atoms with van der Waals surface area (Å²) in [6.45, 7) is 5.70. The van der Waals surface area contributed by atoms with Gasteiger partial charge in [-0.05, 0) is 50.6 Å². The van der Waals surface area contributed by atoms with Crippen LogP contribution in [0.4, 0.5) is 5.69 Å². The molecule has 0 saturated carbocycles. The zero-order chi connectivity index (χ0) is 18.7. The van der Waals surface area contributed by atoms with Crippen molar-refractivity contribution in [2.45, 2.75) is 31.2 Å². The van der Waals surface area contributed by atoms with E-state index in [1.807, 2.05) is 44.2 Å². The molecule has 0 radical (unpaired) electrons. The van der Waals surface area contributed by atoms with Crippen molar-refractivity contribution in [2.24, 2.45) is 0 Å². The average Bonchev–Trinajstić information content (AvgIpc) is 3.06. The lowest BCUT2D eigenvalue weighted by Crippen LogP contribution is -2.22. The molecule has 0 bridgehead atoms. The van der Waals surface area contributed by atoms with Crippen molar-refractivity contribution < 1.29 is 9.21 Å². The minimum absolute atomic E-state index is 0.157. The number of aromatic nitrogens is 2. The maximum absolute atomic E-state index is 12.4. The lowest BCUT2D eigenvalue weighted by atomic mass is 10.1. The fourth-order valence-electron chi connectivity index (χ4n) is 2.32. The molecule has 5 nitrogen and oxygen atoms in total. The van der Waals surface area contributed by atoms with E-state index >= 15 is 0 Å². The van der Waals surface area contributed by atoms with Gasteiger partial charge >= 0.3 is 0 Å². The lowest BCUT2D eigenvalue weighted by molar-refractivity contribution is -0.115. The first-order chi connectivity index (χ1) is 12.4. The largest absolute Gasteiger partial charge is 0.411 e. The lowest BCUT2D eigenvalue weighted by Gasteiger charge is -2.12. The zero-order valence-corrected chi connectivity index (χ0v) is 16.2. The summed E-state index contributed by atoms with van der Waals surface area (Å²) in [5.74, 6) is 0.283. The van der Waals surface area contributed by atoms with Gasteiger partial charge in [0, 0.05) is 16.3 Å². The van der Waals surface area contributed by atoms with Crippen LogP contribution in [-0.2, 0) is 4.79 Å². The highest BCUT2D eigenvalue weighted by Gasteiger charge is 2.19. The summed E-state index contributed by atoms with van der Waals surface area (Å²) in [7, 11) is 0. The predicted molar refractivity (Wildman–Crippen MR) is 105 cm³/mol. The molecule has 1 aromatic heterocycles. The minimum Gasteiger partial charge on any atom is -0.411 e. The van der Waals surface area contributed by atoms with Crippen LogP contribution < -0.4 is 5.32 Å². The van der Waals surface area contributed by atoms with Gasteiger partial charge in [-0.15, -0.1) is 10.2 Å². The van der Waals surface area contributed by atoms with Crippen molar-refractivity contribution in [2.75, 3.05) is 5.32 Å². The second kappa shape index (κ2) is 7.93. The van der Waals surface area contributed by atoms with Gasteiger partial charge in [0.15, 0.2) is 0 Å². The highest BCUT2D eigenvalue weighted by atomic mass is 35.5. The molecule has 0 saturated heterocycles. The number of hydrogen-bond acceptors (Lipinski definition) is 5. The van der Waals surface area contributed by atoms with Crippen LogP contribution in [0.15, 0.2) is 52.1 Å². The minimum atomic E-state index is -0.404. The number of rotatable bonds is 5. The molecular formula is C19H18ClN3O2S. The third-order valence-electron chi connectivity index (χ3n) is 3.78. The number of carbonyl (C=O) groups is 1. The van der Waals surface area contributed by atoms with Crippen molar-refractivity contribution in [3.63, 3.8) is 0 Å². The molecule has 0 fully saturated rings. The Kier molecular flexibility index (Phi) is 5.64. The van der Waals surface area contributed by atoms with Crippen LogP contribution in [0.3, 0.4) is 0 Å². The number of nitrogens with zero attached hydrogens (tertiary/aromatic N) is 2. The fourth-order valence-corrected chi connectivity index (χ4v) is 3.18.